The largest absolute Gasteiger partial charge is 0.389 e. The van der Waals surface area contributed by atoms with Gasteiger partial charge < -0.3 is 15.2 Å². The summed E-state index contributed by atoms with van der Waals surface area (Å²) in [5, 5.41) is 13.0. The SMILES string of the molecule is COCCCc1nc(-c2ccc(Cl)cc2)cc(=O)n1CC(=O)NCC(C)(C)O. The minimum Gasteiger partial charge on any atom is -0.389 e. The Bertz CT molecular complexity index is 857. The van der Waals surface area contributed by atoms with E-state index in [0.717, 1.165) is 5.56 Å². The summed E-state index contributed by atoms with van der Waals surface area (Å²) in [5.41, 5.74) is -0.0420. The molecule has 0 bridgehead atoms. The summed E-state index contributed by atoms with van der Waals surface area (Å²) >= 11 is 5.93. The Kier molecular flexibility index (Phi) is 7.74. The summed E-state index contributed by atoms with van der Waals surface area (Å²) in [6.45, 7) is 3.64. The number of rotatable bonds is 9. The number of nitrogens with zero attached hydrogens (tertiary/aromatic N) is 2. The van der Waals surface area contributed by atoms with Crippen LogP contribution in [0.5, 0.6) is 0 Å². The van der Waals surface area contributed by atoms with Crippen molar-refractivity contribution in [1.29, 1.82) is 0 Å². The number of nitrogens with one attached hydrogen (secondary N) is 1. The molecule has 2 N–H and O–H groups in total. The summed E-state index contributed by atoms with van der Waals surface area (Å²) in [5.74, 6) is 0.145. The minimum atomic E-state index is -1.03. The molecule has 0 fully saturated rings. The van der Waals surface area contributed by atoms with E-state index < -0.39 is 5.60 Å². The molecule has 1 aromatic carbocycles. The van der Waals surface area contributed by atoms with E-state index in [1.54, 1.807) is 45.2 Å². The highest BCUT2D eigenvalue weighted by Crippen LogP contribution is 2.19. The highest BCUT2D eigenvalue weighted by Gasteiger charge is 2.17. The summed E-state index contributed by atoms with van der Waals surface area (Å²) in [4.78, 5) is 29.5. The fraction of sp³-hybridized carbons (Fsp3) is 0.450. The monoisotopic (exact) mass is 407 g/mol. The number of ether oxygens (including phenoxy) is 1. The maximum atomic E-state index is 12.7. The van der Waals surface area contributed by atoms with Gasteiger partial charge >= 0.3 is 0 Å². The molecule has 152 valence electrons. The van der Waals surface area contributed by atoms with Crippen LogP contribution in [0.1, 0.15) is 26.1 Å². The molecule has 0 atom stereocenters. The van der Waals surface area contributed by atoms with Gasteiger partial charge in [0.05, 0.1) is 11.3 Å². The number of benzene rings is 1. The van der Waals surface area contributed by atoms with Crippen molar-refractivity contribution in [3.05, 3.63) is 51.5 Å². The maximum absolute atomic E-state index is 12.7. The summed E-state index contributed by atoms with van der Waals surface area (Å²) < 4.78 is 6.44. The zero-order chi connectivity index (χ0) is 20.7. The van der Waals surface area contributed by atoms with Gasteiger partial charge in [0.2, 0.25) is 5.91 Å². The van der Waals surface area contributed by atoms with Gasteiger partial charge in [-0.3, -0.25) is 14.2 Å². The Morgan fingerprint density at radius 2 is 2.00 bits per heavy atom. The molecule has 1 aromatic heterocycles. The van der Waals surface area contributed by atoms with E-state index in [2.05, 4.69) is 10.3 Å². The molecule has 2 rings (SSSR count). The highest BCUT2D eigenvalue weighted by molar-refractivity contribution is 6.30. The number of carbonyl (C=O) groups excluding carboxylic acids is 1. The van der Waals surface area contributed by atoms with Crippen LogP contribution >= 0.6 is 11.6 Å². The number of methoxy groups -OCH3 is 1. The lowest BCUT2D eigenvalue weighted by Crippen LogP contribution is -2.41. The molecule has 0 spiro atoms. The van der Waals surface area contributed by atoms with Crippen LogP contribution in [0.3, 0.4) is 0 Å². The van der Waals surface area contributed by atoms with Gasteiger partial charge in [-0.25, -0.2) is 4.98 Å². The van der Waals surface area contributed by atoms with Crippen LogP contribution in [-0.4, -0.2) is 46.4 Å². The smallest absolute Gasteiger partial charge is 0.254 e. The molecule has 0 unspecified atom stereocenters. The van der Waals surface area contributed by atoms with Crippen molar-refractivity contribution < 1.29 is 14.6 Å². The summed E-state index contributed by atoms with van der Waals surface area (Å²) in [6.07, 6.45) is 1.15. The molecule has 1 amide bonds. The standard InChI is InChI=1S/C20H26ClN3O4/c1-20(2,27)13-22-18(25)12-24-17(5-4-10-28-3)23-16(11-19(24)26)14-6-8-15(21)9-7-14/h6-9,11,27H,4-5,10,12-13H2,1-3H3,(H,22,25). The molecular weight excluding hydrogens is 382 g/mol. The average molecular weight is 408 g/mol. The second-order valence-corrected chi connectivity index (χ2v) is 7.61. The molecule has 28 heavy (non-hydrogen) atoms. The van der Waals surface area contributed by atoms with Crippen molar-refractivity contribution in [2.75, 3.05) is 20.3 Å². The molecule has 0 aliphatic carbocycles. The first-order valence-corrected chi connectivity index (χ1v) is 9.42. The van der Waals surface area contributed by atoms with Crippen LogP contribution < -0.4 is 10.9 Å². The first kappa shape index (κ1) is 22.1. The summed E-state index contributed by atoms with van der Waals surface area (Å²) in [7, 11) is 1.61. The van der Waals surface area contributed by atoms with Crippen molar-refractivity contribution in [3.63, 3.8) is 0 Å². The molecule has 0 aliphatic rings. The summed E-state index contributed by atoms with van der Waals surface area (Å²) in [6, 6.07) is 8.47. The number of aliphatic hydroxyl groups is 1. The zero-order valence-corrected chi connectivity index (χ0v) is 17.1. The molecule has 2 aromatic rings. The van der Waals surface area contributed by atoms with Crippen molar-refractivity contribution in [1.82, 2.24) is 14.9 Å². The van der Waals surface area contributed by atoms with E-state index in [1.165, 1.54) is 10.6 Å². The number of hydrogen-bond donors (Lipinski definition) is 2. The van der Waals surface area contributed by atoms with Crippen LogP contribution in [0.15, 0.2) is 35.1 Å². The van der Waals surface area contributed by atoms with Gasteiger partial charge in [-0.15, -0.1) is 0 Å². The fourth-order valence-corrected chi connectivity index (χ4v) is 2.70. The van der Waals surface area contributed by atoms with Crippen LogP contribution in [-0.2, 0) is 22.5 Å². The normalized spacial score (nSPS) is 11.5. The van der Waals surface area contributed by atoms with Crippen LogP contribution in [0.25, 0.3) is 11.3 Å². The van der Waals surface area contributed by atoms with E-state index in [9.17, 15) is 14.7 Å². The first-order chi connectivity index (χ1) is 13.2. The molecule has 0 aliphatic heterocycles. The van der Waals surface area contributed by atoms with E-state index in [-0.39, 0.29) is 24.6 Å². The van der Waals surface area contributed by atoms with E-state index >= 15 is 0 Å². The Morgan fingerprint density at radius 1 is 1.32 bits per heavy atom. The molecule has 1 heterocycles. The zero-order valence-electron chi connectivity index (χ0n) is 16.4. The number of halogens is 1. The highest BCUT2D eigenvalue weighted by atomic mass is 35.5. The van der Waals surface area contributed by atoms with Gasteiger partial charge in [-0.2, -0.15) is 0 Å². The van der Waals surface area contributed by atoms with Gasteiger partial charge in [0.1, 0.15) is 12.4 Å². The first-order valence-electron chi connectivity index (χ1n) is 9.04. The number of aromatic nitrogens is 2. The van der Waals surface area contributed by atoms with Gasteiger partial charge in [0.15, 0.2) is 0 Å². The average Bonchev–Trinajstić information content (AvgIpc) is 2.62. The van der Waals surface area contributed by atoms with Crippen molar-refractivity contribution in [2.24, 2.45) is 0 Å². The van der Waals surface area contributed by atoms with Crippen LogP contribution in [0.2, 0.25) is 5.02 Å². The molecule has 7 nitrogen and oxygen atoms in total. The van der Waals surface area contributed by atoms with Crippen LogP contribution in [0.4, 0.5) is 0 Å². The Morgan fingerprint density at radius 3 is 2.61 bits per heavy atom. The molecule has 0 saturated heterocycles. The Labute approximate surface area is 169 Å². The molecule has 8 heteroatoms. The third-order valence-electron chi connectivity index (χ3n) is 4.00. The predicted molar refractivity (Wildman–Crippen MR) is 108 cm³/mol. The van der Waals surface area contributed by atoms with Gasteiger partial charge in [-0.1, -0.05) is 23.7 Å². The topological polar surface area (TPSA) is 93.5 Å². The number of carbonyl (C=O) groups is 1. The molecule has 0 radical (unpaired) electrons. The fourth-order valence-electron chi connectivity index (χ4n) is 2.57. The van der Waals surface area contributed by atoms with E-state index in [0.29, 0.717) is 36.0 Å². The maximum Gasteiger partial charge on any atom is 0.254 e. The number of hydrogen-bond acceptors (Lipinski definition) is 5. The second-order valence-electron chi connectivity index (χ2n) is 7.17. The predicted octanol–water partition coefficient (Wildman–Crippen LogP) is 2.03. The van der Waals surface area contributed by atoms with Gasteiger partial charge in [-0.05, 0) is 32.4 Å². The lowest BCUT2D eigenvalue weighted by atomic mass is 10.1. The van der Waals surface area contributed by atoms with Crippen molar-refractivity contribution in [2.45, 2.75) is 38.8 Å². The lowest BCUT2D eigenvalue weighted by molar-refractivity contribution is -0.122. The molecule has 0 saturated carbocycles. The van der Waals surface area contributed by atoms with E-state index in [4.69, 9.17) is 16.3 Å². The Balaban J connectivity index is 2.30. The van der Waals surface area contributed by atoms with Gasteiger partial charge in [0, 0.05) is 43.3 Å². The second kappa shape index (κ2) is 9.82. The quantitative estimate of drug-likeness (QED) is 0.620. The minimum absolute atomic E-state index is 0.0931. The third kappa shape index (κ3) is 6.74. The van der Waals surface area contributed by atoms with E-state index in [1.807, 2.05) is 0 Å². The van der Waals surface area contributed by atoms with Crippen molar-refractivity contribution >= 4 is 17.5 Å². The third-order valence-corrected chi connectivity index (χ3v) is 4.25. The Hall–Kier alpha value is -2.22. The van der Waals surface area contributed by atoms with Crippen molar-refractivity contribution in [3.8, 4) is 11.3 Å². The van der Waals surface area contributed by atoms with Crippen LogP contribution in [0, 0.1) is 0 Å². The molecular formula is C20H26ClN3O4. The van der Waals surface area contributed by atoms with Gasteiger partial charge in [0.25, 0.3) is 5.56 Å². The number of aryl methyl sites for hydroxylation is 1. The lowest BCUT2D eigenvalue weighted by Gasteiger charge is -2.18. The number of amides is 1.